The molecule has 3 aromatic carbocycles. The first-order chi connectivity index (χ1) is 10.2. The summed E-state index contributed by atoms with van der Waals surface area (Å²) >= 11 is 0. The van der Waals surface area contributed by atoms with Gasteiger partial charge < -0.3 is 11.1 Å². The van der Waals surface area contributed by atoms with Crippen molar-refractivity contribution in [1.82, 2.24) is 0 Å². The van der Waals surface area contributed by atoms with Crippen molar-refractivity contribution in [3.05, 3.63) is 71.8 Å². The molecule has 3 heteroatoms. The molecule has 0 aliphatic carbocycles. The van der Waals surface area contributed by atoms with Crippen LogP contribution in [0.4, 0.5) is 11.4 Å². The molecular formula is C18H16N2O. The number of carbonyl (C=O) groups is 1. The Morgan fingerprint density at radius 3 is 2.29 bits per heavy atom. The first-order valence-electron chi connectivity index (χ1n) is 6.80. The third-order valence-electron chi connectivity index (χ3n) is 3.59. The number of benzene rings is 3. The van der Waals surface area contributed by atoms with Crippen molar-refractivity contribution < 1.29 is 4.79 Å². The molecular weight excluding hydrogens is 260 g/mol. The predicted octanol–water partition coefficient (Wildman–Crippen LogP) is 3.69. The van der Waals surface area contributed by atoms with Gasteiger partial charge in [-0.3, -0.25) is 4.79 Å². The Hall–Kier alpha value is -2.81. The van der Waals surface area contributed by atoms with Gasteiger partial charge in [0.1, 0.15) is 0 Å². The van der Waals surface area contributed by atoms with E-state index in [1.807, 2.05) is 43.4 Å². The fraction of sp³-hybridized carbons (Fsp3) is 0.0556. The molecule has 0 bridgehead atoms. The smallest absolute Gasteiger partial charge is 0.193 e. The molecule has 0 aliphatic heterocycles. The van der Waals surface area contributed by atoms with Gasteiger partial charge in [0.25, 0.3) is 0 Å². The molecule has 0 saturated carbocycles. The fourth-order valence-electron chi connectivity index (χ4n) is 2.53. The SMILES string of the molecule is CNc1cccc2cccc(C(=O)c3ccc(N)cc3)c12. The van der Waals surface area contributed by atoms with Crippen LogP contribution in [-0.2, 0) is 0 Å². The molecule has 104 valence electrons. The Bertz CT molecular complexity index is 802. The summed E-state index contributed by atoms with van der Waals surface area (Å²) in [6.07, 6.45) is 0. The molecule has 3 nitrogen and oxygen atoms in total. The zero-order valence-corrected chi connectivity index (χ0v) is 11.8. The lowest BCUT2D eigenvalue weighted by molar-refractivity contribution is 0.104. The van der Waals surface area contributed by atoms with Crippen LogP contribution in [0.15, 0.2) is 60.7 Å². The van der Waals surface area contributed by atoms with E-state index in [4.69, 9.17) is 5.73 Å². The van der Waals surface area contributed by atoms with E-state index in [9.17, 15) is 4.79 Å². The lowest BCUT2D eigenvalue weighted by Crippen LogP contribution is -2.04. The minimum absolute atomic E-state index is 0.00306. The van der Waals surface area contributed by atoms with Crippen molar-refractivity contribution in [1.29, 1.82) is 0 Å². The van der Waals surface area contributed by atoms with Crippen molar-refractivity contribution in [2.75, 3.05) is 18.1 Å². The molecule has 3 rings (SSSR count). The average molecular weight is 276 g/mol. The number of carbonyl (C=O) groups excluding carboxylic acids is 1. The number of nitrogen functional groups attached to an aromatic ring is 1. The molecule has 0 atom stereocenters. The molecule has 0 radical (unpaired) electrons. The van der Waals surface area contributed by atoms with Gasteiger partial charge >= 0.3 is 0 Å². The molecule has 0 fully saturated rings. The molecule has 0 amide bonds. The summed E-state index contributed by atoms with van der Waals surface area (Å²) in [5, 5.41) is 5.15. The van der Waals surface area contributed by atoms with Crippen LogP contribution in [0.2, 0.25) is 0 Å². The molecule has 0 aromatic heterocycles. The Labute approximate surface area is 123 Å². The summed E-state index contributed by atoms with van der Waals surface area (Å²) in [4.78, 5) is 12.8. The minimum Gasteiger partial charge on any atom is -0.399 e. The molecule has 0 aliphatic rings. The lowest BCUT2D eigenvalue weighted by atomic mass is 9.96. The predicted molar refractivity (Wildman–Crippen MR) is 87.8 cm³/mol. The van der Waals surface area contributed by atoms with Gasteiger partial charge in [-0.2, -0.15) is 0 Å². The van der Waals surface area contributed by atoms with Gasteiger partial charge in [0, 0.05) is 34.9 Å². The van der Waals surface area contributed by atoms with Gasteiger partial charge in [-0.25, -0.2) is 0 Å². The number of fused-ring (bicyclic) bond motifs is 1. The normalized spacial score (nSPS) is 10.5. The Balaban J connectivity index is 2.20. The van der Waals surface area contributed by atoms with E-state index in [1.165, 1.54) is 0 Å². The van der Waals surface area contributed by atoms with Gasteiger partial charge in [-0.05, 0) is 35.7 Å². The third-order valence-corrected chi connectivity index (χ3v) is 3.59. The summed E-state index contributed by atoms with van der Waals surface area (Å²) in [6.45, 7) is 0. The second-order valence-corrected chi connectivity index (χ2v) is 4.91. The van der Waals surface area contributed by atoms with E-state index in [0.717, 1.165) is 16.5 Å². The van der Waals surface area contributed by atoms with E-state index < -0.39 is 0 Å². The average Bonchev–Trinajstić information content (AvgIpc) is 2.53. The number of nitrogens with two attached hydrogens (primary N) is 1. The summed E-state index contributed by atoms with van der Waals surface area (Å²) < 4.78 is 0. The highest BCUT2D eigenvalue weighted by Crippen LogP contribution is 2.28. The van der Waals surface area contributed by atoms with Crippen molar-refractivity contribution in [2.45, 2.75) is 0 Å². The topological polar surface area (TPSA) is 55.1 Å². The van der Waals surface area contributed by atoms with Crippen LogP contribution in [0.5, 0.6) is 0 Å². The zero-order chi connectivity index (χ0) is 14.8. The lowest BCUT2D eigenvalue weighted by Gasteiger charge is -2.11. The van der Waals surface area contributed by atoms with Crippen LogP contribution >= 0.6 is 0 Å². The molecule has 3 aromatic rings. The number of hydrogen-bond donors (Lipinski definition) is 2. The monoisotopic (exact) mass is 276 g/mol. The molecule has 0 spiro atoms. The van der Waals surface area contributed by atoms with Crippen LogP contribution < -0.4 is 11.1 Å². The van der Waals surface area contributed by atoms with Gasteiger partial charge in [-0.1, -0.05) is 30.3 Å². The fourth-order valence-corrected chi connectivity index (χ4v) is 2.53. The zero-order valence-electron chi connectivity index (χ0n) is 11.8. The second-order valence-electron chi connectivity index (χ2n) is 4.91. The molecule has 21 heavy (non-hydrogen) atoms. The first kappa shape index (κ1) is 13.2. The van der Waals surface area contributed by atoms with Crippen LogP contribution in [0.1, 0.15) is 15.9 Å². The summed E-state index contributed by atoms with van der Waals surface area (Å²) in [6, 6.07) is 18.8. The van der Waals surface area contributed by atoms with Gasteiger partial charge in [0.15, 0.2) is 5.78 Å². The largest absolute Gasteiger partial charge is 0.399 e. The quantitative estimate of drug-likeness (QED) is 0.566. The Kier molecular flexibility index (Phi) is 3.32. The van der Waals surface area contributed by atoms with E-state index >= 15 is 0 Å². The van der Waals surface area contributed by atoms with Crippen molar-refractivity contribution >= 4 is 27.9 Å². The van der Waals surface area contributed by atoms with E-state index in [1.54, 1.807) is 24.3 Å². The number of rotatable bonds is 3. The maximum absolute atomic E-state index is 12.8. The highest BCUT2D eigenvalue weighted by Gasteiger charge is 2.14. The highest BCUT2D eigenvalue weighted by atomic mass is 16.1. The molecule has 3 N–H and O–H groups in total. The Morgan fingerprint density at radius 2 is 1.62 bits per heavy atom. The molecule has 0 heterocycles. The summed E-state index contributed by atoms with van der Waals surface area (Å²) in [5.74, 6) is 0.00306. The van der Waals surface area contributed by atoms with E-state index in [0.29, 0.717) is 16.8 Å². The molecule has 0 saturated heterocycles. The van der Waals surface area contributed by atoms with Crippen LogP contribution in [0, 0.1) is 0 Å². The summed E-state index contributed by atoms with van der Waals surface area (Å²) in [7, 11) is 1.86. The van der Waals surface area contributed by atoms with E-state index in [2.05, 4.69) is 5.32 Å². The van der Waals surface area contributed by atoms with E-state index in [-0.39, 0.29) is 5.78 Å². The summed E-state index contributed by atoms with van der Waals surface area (Å²) in [5.41, 5.74) is 8.62. The number of ketones is 1. The minimum atomic E-state index is 0.00306. The number of nitrogens with one attached hydrogen (secondary N) is 1. The van der Waals surface area contributed by atoms with Crippen LogP contribution in [0.3, 0.4) is 0 Å². The highest BCUT2D eigenvalue weighted by molar-refractivity contribution is 6.19. The van der Waals surface area contributed by atoms with Gasteiger partial charge in [0.05, 0.1) is 0 Å². The maximum Gasteiger partial charge on any atom is 0.193 e. The Morgan fingerprint density at radius 1 is 0.952 bits per heavy atom. The second kappa shape index (κ2) is 5.29. The van der Waals surface area contributed by atoms with Gasteiger partial charge in [-0.15, -0.1) is 0 Å². The van der Waals surface area contributed by atoms with Crippen molar-refractivity contribution in [2.24, 2.45) is 0 Å². The van der Waals surface area contributed by atoms with Crippen molar-refractivity contribution in [3.63, 3.8) is 0 Å². The molecule has 0 unspecified atom stereocenters. The number of anilines is 2. The van der Waals surface area contributed by atoms with Crippen LogP contribution in [-0.4, -0.2) is 12.8 Å². The standard InChI is InChI=1S/C18H16N2O/c1-20-16-7-3-5-12-4-2-6-15(17(12)16)18(21)13-8-10-14(19)11-9-13/h2-11,20H,19H2,1H3. The third kappa shape index (κ3) is 2.34. The van der Waals surface area contributed by atoms with Gasteiger partial charge in [0.2, 0.25) is 0 Å². The van der Waals surface area contributed by atoms with Crippen LogP contribution in [0.25, 0.3) is 10.8 Å². The number of hydrogen-bond acceptors (Lipinski definition) is 3. The van der Waals surface area contributed by atoms with Crippen molar-refractivity contribution in [3.8, 4) is 0 Å². The maximum atomic E-state index is 12.8. The first-order valence-corrected chi connectivity index (χ1v) is 6.80.